The third-order valence-electron chi connectivity index (χ3n) is 11.1. The Balaban J connectivity index is 1.24. The molecule has 10 heteroatoms. The summed E-state index contributed by atoms with van der Waals surface area (Å²) in [5.41, 5.74) is 6.73. The van der Waals surface area contributed by atoms with Gasteiger partial charge >= 0.3 is 11.9 Å². The van der Waals surface area contributed by atoms with Crippen LogP contribution in [0.25, 0.3) is 11.1 Å². The van der Waals surface area contributed by atoms with E-state index in [2.05, 4.69) is 24.3 Å². The number of carbonyl (C=O) groups excluding carboxylic acids is 2. The van der Waals surface area contributed by atoms with Gasteiger partial charge in [-0.15, -0.1) is 0 Å². The van der Waals surface area contributed by atoms with Gasteiger partial charge in [0.05, 0.1) is 37.6 Å². The van der Waals surface area contributed by atoms with E-state index in [-0.39, 0.29) is 24.1 Å². The molecule has 0 spiro atoms. The first kappa shape index (κ1) is 37.4. The number of carbonyl (C=O) groups is 2. The average molecular weight is 791 g/mol. The molecule has 0 amide bonds. The van der Waals surface area contributed by atoms with Gasteiger partial charge in [0.15, 0.2) is 0 Å². The molecular formula is C46H46O8S2. The zero-order valence-corrected chi connectivity index (χ0v) is 33.1. The van der Waals surface area contributed by atoms with Crippen molar-refractivity contribution in [3.8, 4) is 11.5 Å². The molecule has 56 heavy (non-hydrogen) atoms. The Labute approximate surface area is 336 Å². The second kappa shape index (κ2) is 17.1. The maximum Gasteiger partial charge on any atom is 0.338 e. The fourth-order valence-corrected chi connectivity index (χ4v) is 10.4. The molecule has 3 aliphatic heterocycles. The van der Waals surface area contributed by atoms with Crippen molar-refractivity contribution in [2.45, 2.75) is 96.0 Å². The van der Waals surface area contributed by atoms with Gasteiger partial charge in [-0.2, -0.15) is 0 Å². The van der Waals surface area contributed by atoms with Gasteiger partial charge in [-0.1, -0.05) is 36.4 Å². The first-order chi connectivity index (χ1) is 27.6. The summed E-state index contributed by atoms with van der Waals surface area (Å²) < 4.78 is 36.3. The number of hydrogen-bond donors (Lipinski definition) is 0. The Morgan fingerprint density at radius 3 is 1.27 bits per heavy atom. The van der Waals surface area contributed by atoms with E-state index in [0.717, 1.165) is 104 Å². The summed E-state index contributed by atoms with van der Waals surface area (Å²) in [4.78, 5) is 31.8. The van der Waals surface area contributed by atoms with Crippen molar-refractivity contribution in [3.05, 3.63) is 106 Å². The van der Waals surface area contributed by atoms with Crippen LogP contribution >= 0.6 is 23.5 Å². The molecule has 0 unspecified atom stereocenters. The first-order valence-corrected chi connectivity index (χ1v) is 21.7. The second-order valence-corrected chi connectivity index (χ2v) is 17.1. The molecule has 0 radical (unpaired) electrons. The van der Waals surface area contributed by atoms with Gasteiger partial charge in [0.25, 0.3) is 0 Å². The summed E-state index contributed by atoms with van der Waals surface area (Å²) in [6.45, 7) is 2.54. The summed E-state index contributed by atoms with van der Waals surface area (Å²) >= 11 is 3.35. The van der Waals surface area contributed by atoms with E-state index in [1.807, 2.05) is 48.5 Å². The zero-order valence-electron chi connectivity index (χ0n) is 31.5. The smallest absolute Gasteiger partial charge is 0.338 e. The SMILES string of the molecule is O=C(OC1CCCCC1)c1ccc2c(c1)/C1=C3\c4cc(ccc4Sc4ccc(C(=O)OC5CCCCC5)cc43)OCCOCCOCCOc3ccc(c1c3)S2. The normalized spacial score (nSPS) is 20.2. The molecule has 8 nitrogen and oxygen atoms in total. The summed E-state index contributed by atoms with van der Waals surface area (Å²) in [7, 11) is 0. The van der Waals surface area contributed by atoms with Crippen LogP contribution in [0.3, 0.4) is 0 Å². The minimum absolute atomic E-state index is 0.0611. The first-order valence-electron chi connectivity index (χ1n) is 20.1. The maximum absolute atomic E-state index is 13.8. The van der Waals surface area contributed by atoms with Crippen molar-refractivity contribution in [1.82, 2.24) is 0 Å². The Hall–Kier alpha value is -4.22. The maximum atomic E-state index is 13.8. The van der Waals surface area contributed by atoms with Gasteiger partial charge in [-0.3, -0.25) is 0 Å². The van der Waals surface area contributed by atoms with Crippen molar-refractivity contribution < 1.29 is 38.0 Å². The Bertz CT molecular complexity index is 2000. The van der Waals surface area contributed by atoms with Crippen LogP contribution in [0.5, 0.6) is 11.5 Å². The molecule has 290 valence electrons. The molecule has 9 rings (SSSR count). The zero-order chi connectivity index (χ0) is 37.8. The van der Waals surface area contributed by atoms with Crippen LogP contribution in [0, 0.1) is 0 Å². The minimum atomic E-state index is -0.302. The lowest BCUT2D eigenvalue weighted by Crippen LogP contribution is -2.21. The summed E-state index contributed by atoms with van der Waals surface area (Å²) in [5, 5.41) is 0. The highest BCUT2D eigenvalue weighted by Crippen LogP contribution is 2.55. The predicted molar refractivity (Wildman–Crippen MR) is 216 cm³/mol. The van der Waals surface area contributed by atoms with E-state index < -0.39 is 0 Å². The largest absolute Gasteiger partial charge is 0.491 e. The lowest BCUT2D eigenvalue weighted by atomic mass is 9.84. The Morgan fingerprint density at radius 1 is 0.464 bits per heavy atom. The Morgan fingerprint density at radius 2 is 0.839 bits per heavy atom. The average Bonchev–Trinajstić information content (AvgIpc) is 3.23. The molecule has 5 aliphatic rings. The van der Waals surface area contributed by atoms with Crippen LogP contribution in [-0.2, 0) is 18.9 Å². The molecule has 2 fully saturated rings. The van der Waals surface area contributed by atoms with Crippen LogP contribution in [-0.4, -0.2) is 63.8 Å². The van der Waals surface area contributed by atoms with E-state index in [9.17, 15) is 9.59 Å². The van der Waals surface area contributed by atoms with Crippen molar-refractivity contribution in [1.29, 1.82) is 0 Å². The number of benzene rings is 4. The number of fused-ring (bicyclic) bond motifs is 6. The van der Waals surface area contributed by atoms with Crippen molar-refractivity contribution in [2.75, 3.05) is 39.6 Å². The number of hydrogen-bond acceptors (Lipinski definition) is 10. The van der Waals surface area contributed by atoms with E-state index in [1.54, 1.807) is 23.5 Å². The molecule has 0 saturated heterocycles. The highest BCUT2D eigenvalue weighted by atomic mass is 32.2. The molecule has 0 N–H and O–H groups in total. The topological polar surface area (TPSA) is 89.5 Å². The standard InChI is InChI=1S/C46H46O8S2/c47-45(53-31-7-3-1-4-8-31)29-11-15-39-35(25-29)43-37-27-33(13-17-41(37)55-39)51-23-21-49-19-20-50-22-24-52-34-14-18-42-38(28-34)44(43)36-26-30(12-16-40(36)56-42)46(48)54-32-9-5-2-6-10-32/h11-18,25-28,31-32H,1-10,19-24H2/b44-43+. The fraction of sp³-hybridized carbons (Fsp3) is 0.391. The molecule has 3 heterocycles. The van der Waals surface area contributed by atoms with Crippen LogP contribution in [0.1, 0.15) is 107 Å². The van der Waals surface area contributed by atoms with Gasteiger partial charge in [0, 0.05) is 30.7 Å². The molecule has 4 aromatic carbocycles. The third-order valence-corrected chi connectivity index (χ3v) is 13.4. The van der Waals surface area contributed by atoms with Gasteiger partial charge in [-0.05, 0) is 146 Å². The summed E-state index contributed by atoms with van der Waals surface area (Å²) in [5.74, 6) is 0.826. The highest BCUT2D eigenvalue weighted by Gasteiger charge is 2.33. The third kappa shape index (κ3) is 8.12. The van der Waals surface area contributed by atoms with E-state index in [4.69, 9.17) is 28.4 Å². The Kier molecular flexibility index (Phi) is 11.4. The van der Waals surface area contributed by atoms with Gasteiger partial charge < -0.3 is 28.4 Å². The van der Waals surface area contributed by atoms with E-state index >= 15 is 0 Å². The van der Waals surface area contributed by atoms with Crippen LogP contribution in [0.2, 0.25) is 0 Å². The van der Waals surface area contributed by atoms with E-state index in [0.29, 0.717) is 62.3 Å². The van der Waals surface area contributed by atoms with Crippen LogP contribution in [0.4, 0.5) is 0 Å². The molecule has 0 aromatic heterocycles. The molecule has 2 saturated carbocycles. The van der Waals surface area contributed by atoms with Crippen molar-refractivity contribution in [2.24, 2.45) is 0 Å². The monoisotopic (exact) mass is 790 g/mol. The lowest BCUT2D eigenvalue weighted by Gasteiger charge is -2.30. The van der Waals surface area contributed by atoms with Crippen LogP contribution in [0.15, 0.2) is 92.4 Å². The lowest BCUT2D eigenvalue weighted by molar-refractivity contribution is 0.0202. The highest BCUT2D eigenvalue weighted by molar-refractivity contribution is 8.00. The summed E-state index contributed by atoms with van der Waals surface area (Å²) in [6, 6.07) is 24.2. The second-order valence-electron chi connectivity index (χ2n) is 14.9. The molecule has 2 aliphatic carbocycles. The molecule has 0 atom stereocenters. The number of rotatable bonds is 4. The number of esters is 2. The predicted octanol–water partition coefficient (Wildman–Crippen LogP) is 10.4. The minimum Gasteiger partial charge on any atom is -0.491 e. The van der Waals surface area contributed by atoms with Gasteiger partial charge in [0.2, 0.25) is 0 Å². The molecule has 4 bridgehead atoms. The van der Waals surface area contributed by atoms with Gasteiger partial charge in [-0.25, -0.2) is 9.59 Å². The van der Waals surface area contributed by atoms with Crippen molar-refractivity contribution >= 4 is 46.6 Å². The quantitative estimate of drug-likeness (QED) is 0.161. The van der Waals surface area contributed by atoms with Gasteiger partial charge in [0.1, 0.15) is 36.9 Å². The summed E-state index contributed by atoms with van der Waals surface area (Å²) in [6.07, 6.45) is 10.1. The number of ether oxygens (including phenoxy) is 6. The van der Waals surface area contributed by atoms with Crippen molar-refractivity contribution in [3.63, 3.8) is 0 Å². The fourth-order valence-electron chi connectivity index (χ4n) is 8.28. The van der Waals surface area contributed by atoms with E-state index in [1.165, 1.54) is 12.8 Å². The molecule has 4 aromatic rings. The molecular weight excluding hydrogens is 745 g/mol. The van der Waals surface area contributed by atoms with Crippen LogP contribution < -0.4 is 9.47 Å².